The molecule has 0 radical (unpaired) electrons. The van der Waals surface area contributed by atoms with E-state index in [1.807, 2.05) is 0 Å². The molecule has 0 aliphatic heterocycles. The predicted molar refractivity (Wildman–Crippen MR) is 111 cm³/mol. The summed E-state index contributed by atoms with van der Waals surface area (Å²) in [5.41, 5.74) is 14.1. The fourth-order valence-corrected chi connectivity index (χ4v) is 4.43. The SMILES string of the molecule is Cc1cc(C2CCCC2)cc(C(c2ccccc2)c2ccccc2)c1N. The Kier molecular flexibility index (Phi) is 4.79. The number of aryl methyl sites for hydroxylation is 1. The molecule has 0 amide bonds. The van der Waals surface area contributed by atoms with Crippen LogP contribution in [0.15, 0.2) is 72.8 Å². The summed E-state index contributed by atoms with van der Waals surface area (Å²) in [7, 11) is 0. The van der Waals surface area contributed by atoms with Gasteiger partial charge in [-0.25, -0.2) is 0 Å². The highest BCUT2D eigenvalue weighted by Crippen LogP contribution is 2.41. The van der Waals surface area contributed by atoms with Crippen LogP contribution in [0.2, 0.25) is 0 Å². The lowest BCUT2D eigenvalue weighted by Crippen LogP contribution is -2.09. The lowest BCUT2D eigenvalue weighted by molar-refractivity contribution is 0.720. The van der Waals surface area contributed by atoms with E-state index in [1.54, 1.807) is 0 Å². The van der Waals surface area contributed by atoms with E-state index in [9.17, 15) is 0 Å². The molecule has 0 heterocycles. The van der Waals surface area contributed by atoms with Crippen LogP contribution >= 0.6 is 0 Å². The van der Waals surface area contributed by atoms with Gasteiger partial charge in [0, 0.05) is 11.6 Å². The highest BCUT2D eigenvalue weighted by atomic mass is 14.6. The first-order chi connectivity index (χ1) is 12.7. The molecule has 1 heteroatoms. The number of hydrogen-bond acceptors (Lipinski definition) is 1. The summed E-state index contributed by atoms with van der Waals surface area (Å²) in [5, 5.41) is 0. The largest absolute Gasteiger partial charge is 0.398 e. The summed E-state index contributed by atoms with van der Waals surface area (Å²) in [6.45, 7) is 2.16. The van der Waals surface area contributed by atoms with Crippen molar-refractivity contribution in [2.24, 2.45) is 0 Å². The number of nitrogen functional groups attached to an aromatic ring is 1. The highest BCUT2D eigenvalue weighted by Gasteiger charge is 2.23. The minimum Gasteiger partial charge on any atom is -0.398 e. The fraction of sp³-hybridized carbons (Fsp3) is 0.280. The van der Waals surface area contributed by atoms with Gasteiger partial charge in [-0.2, -0.15) is 0 Å². The third-order valence-electron chi connectivity index (χ3n) is 5.84. The number of hydrogen-bond donors (Lipinski definition) is 1. The lowest BCUT2D eigenvalue weighted by Gasteiger charge is -2.24. The quantitative estimate of drug-likeness (QED) is 0.430. The Hall–Kier alpha value is -2.54. The van der Waals surface area contributed by atoms with Crippen LogP contribution in [0.4, 0.5) is 5.69 Å². The second kappa shape index (κ2) is 7.37. The van der Waals surface area contributed by atoms with Crippen molar-refractivity contribution in [3.8, 4) is 0 Å². The normalized spacial score (nSPS) is 14.8. The molecular weight excluding hydrogens is 314 g/mol. The van der Waals surface area contributed by atoms with Crippen molar-refractivity contribution in [1.29, 1.82) is 0 Å². The molecule has 132 valence electrons. The number of anilines is 1. The van der Waals surface area contributed by atoms with Crippen molar-refractivity contribution in [1.82, 2.24) is 0 Å². The molecule has 2 N–H and O–H groups in total. The van der Waals surface area contributed by atoms with Gasteiger partial charge in [0.25, 0.3) is 0 Å². The van der Waals surface area contributed by atoms with Crippen molar-refractivity contribution < 1.29 is 0 Å². The Morgan fingerprint density at radius 2 is 1.35 bits per heavy atom. The molecule has 26 heavy (non-hydrogen) atoms. The second-order valence-electron chi connectivity index (χ2n) is 7.58. The van der Waals surface area contributed by atoms with Crippen molar-refractivity contribution >= 4 is 5.69 Å². The van der Waals surface area contributed by atoms with Gasteiger partial charge in [0.05, 0.1) is 0 Å². The molecule has 0 bridgehead atoms. The monoisotopic (exact) mass is 341 g/mol. The van der Waals surface area contributed by atoms with E-state index < -0.39 is 0 Å². The van der Waals surface area contributed by atoms with Gasteiger partial charge < -0.3 is 5.73 Å². The average Bonchev–Trinajstić information content (AvgIpc) is 3.22. The first-order valence-corrected chi connectivity index (χ1v) is 9.74. The summed E-state index contributed by atoms with van der Waals surface area (Å²) in [4.78, 5) is 0. The van der Waals surface area contributed by atoms with Crippen LogP contribution < -0.4 is 5.73 Å². The third kappa shape index (κ3) is 3.26. The first-order valence-electron chi connectivity index (χ1n) is 9.74. The van der Waals surface area contributed by atoms with E-state index in [0.29, 0.717) is 5.92 Å². The standard InChI is InChI=1S/C25H27N/c1-18-16-22(19-10-8-9-11-19)17-23(25(18)26)24(20-12-4-2-5-13-20)21-14-6-3-7-15-21/h2-7,12-17,19,24H,8-11,26H2,1H3. The summed E-state index contributed by atoms with van der Waals surface area (Å²) in [5.74, 6) is 0.873. The van der Waals surface area contributed by atoms with Gasteiger partial charge in [0.15, 0.2) is 0 Å². The van der Waals surface area contributed by atoms with Crippen molar-refractivity contribution in [3.63, 3.8) is 0 Å². The van der Waals surface area contributed by atoms with Crippen LogP contribution in [-0.2, 0) is 0 Å². The lowest BCUT2D eigenvalue weighted by atomic mass is 9.81. The Balaban J connectivity index is 1.88. The minimum atomic E-state index is 0.178. The minimum absolute atomic E-state index is 0.178. The van der Waals surface area contributed by atoms with Crippen LogP contribution in [0.3, 0.4) is 0 Å². The van der Waals surface area contributed by atoms with E-state index in [-0.39, 0.29) is 5.92 Å². The zero-order valence-electron chi connectivity index (χ0n) is 15.5. The summed E-state index contributed by atoms with van der Waals surface area (Å²) >= 11 is 0. The van der Waals surface area contributed by atoms with Gasteiger partial charge in [-0.3, -0.25) is 0 Å². The molecule has 0 aromatic heterocycles. The van der Waals surface area contributed by atoms with Gasteiger partial charge in [0.2, 0.25) is 0 Å². The maximum Gasteiger partial charge on any atom is 0.0386 e. The molecule has 0 unspecified atom stereocenters. The third-order valence-corrected chi connectivity index (χ3v) is 5.84. The van der Waals surface area contributed by atoms with Gasteiger partial charge in [-0.05, 0) is 53.5 Å². The first kappa shape index (κ1) is 16.9. The molecule has 1 aliphatic carbocycles. The van der Waals surface area contributed by atoms with E-state index in [2.05, 4.69) is 79.7 Å². The van der Waals surface area contributed by atoms with Gasteiger partial charge in [-0.15, -0.1) is 0 Å². The smallest absolute Gasteiger partial charge is 0.0386 e. The number of benzene rings is 3. The molecule has 3 aromatic carbocycles. The van der Waals surface area contributed by atoms with E-state index in [1.165, 1.54) is 53.5 Å². The Labute approximate surface area is 156 Å². The molecule has 1 nitrogen and oxygen atoms in total. The van der Waals surface area contributed by atoms with Gasteiger partial charge in [0.1, 0.15) is 0 Å². The number of rotatable bonds is 4. The van der Waals surface area contributed by atoms with E-state index in [4.69, 9.17) is 5.73 Å². The van der Waals surface area contributed by atoms with E-state index >= 15 is 0 Å². The number of nitrogens with two attached hydrogens (primary N) is 1. The van der Waals surface area contributed by atoms with E-state index in [0.717, 1.165) is 5.69 Å². The van der Waals surface area contributed by atoms with Gasteiger partial charge >= 0.3 is 0 Å². The fourth-order valence-electron chi connectivity index (χ4n) is 4.43. The maximum absolute atomic E-state index is 6.63. The Bertz CT molecular complexity index is 822. The molecule has 0 spiro atoms. The Morgan fingerprint density at radius 3 is 1.88 bits per heavy atom. The zero-order valence-corrected chi connectivity index (χ0v) is 15.5. The summed E-state index contributed by atoms with van der Waals surface area (Å²) in [6.07, 6.45) is 5.32. The average molecular weight is 341 g/mol. The summed E-state index contributed by atoms with van der Waals surface area (Å²) in [6, 6.07) is 26.2. The van der Waals surface area contributed by atoms with Crippen molar-refractivity contribution in [3.05, 3.63) is 101 Å². The van der Waals surface area contributed by atoms with Crippen molar-refractivity contribution in [2.75, 3.05) is 5.73 Å². The summed E-state index contributed by atoms with van der Waals surface area (Å²) < 4.78 is 0. The van der Waals surface area contributed by atoms with Crippen LogP contribution in [0.1, 0.15) is 65.3 Å². The molecule has 0 saturated heterocycles. The Morgan fingerprint density at radius 1 is 0.808 bits per heavy atom. The van der Waals surface area contributed by atoms with Gasteiger partial charge in [-0.1, -0.05) is 85.6 Å². The highest BCUT2D eigenvalue weighted by molar-refractivity contribution is 5.61. The van der Waals surface area contributed by atoms with Crippen molar-refractivity contribution in [2.45, 2.75) is 44.4 Å². The van der Waals surface area contributed by atoms with Crippen LogP contribution in [0.5, 0.6) is 0 Å². The topological polar surface area (TPSA) is 26.0 Å². The molecule has 1 aliphatic rings. The van der Waals surface area contributed by atoms with Crippen LogP contribution in [-0.4, -0.2) is 0 Å². The molecule has 4 rings (SSSR count). The molecule has 0 atom stereocenters. The molecular formula is C25H27N. The van der Waals surface area contributed by atoms with Crippen LogP contribution in [0, 0.1) is 6.92 Å². The second-order valence-corrected chi connectivity index (χ2v) is 7.58. The molecule has 1 saturated carbocycles. The maximum atomic E-state index is 6.63. The van der Waals surface area contributed by atoms with Crippen LogP contribution in [0.25, 0.3) is 0 Å². The molecule has 1 fully saturated rings. The predicted octanol–water partition coefficient (Wildman–Crippen LogP) is 6.42. The molecule has 3 aromatic rings. The zero-order chi connectivity index (χ0) is 17.9.